The smallest absolute Gasteiger partial charge is 0.276 e. The highest BCUT2D eigenvalue weighted by atomic mass is 16.5. The van der Waals surface area contributed by atoms with Gasteiger partial charge in [-0.25, -0.2) is 4.68 Å². The van der Waals surface area contributed by atoms with Crippen molar-refractivity contribution in [3.05, 3.63) is 47.3 Å². The normalized spacial score (nSPS) is 13.5. The van der Waals surface area contributed by atoms with Gasteiger partial charge in [-0.15, -0.1) is 0 Å². The first kappa shape index (κ1) is 16.6. The lowest BCUT2D eigenvalue weighted by Gasteiger charge is -2.18. The molecule has 3 heterocycles. The maximum Gasteiger partial charge on any atom is 0.276 e. The molecule has 1 aliphatic rings. The largest absolute Gasteiger partial charge is 0.478 e. The quantitative estimate of drug-likeness (QED) is 0.778. The SMILES string of the molecule is Cc1nc2ccccc2c(NC(=O)c2cc3n(n2)CCCO3)c1C(C)C. The van der Waals surface area contributed by atoms with Crippen LogP contribution in [0.25, 0.3) is 10.9 Å². The minimum atomic E-state index is -0.229. The molecule has 134 valence electrons. The number of fused-ring (bicyclic) bond motifs is 2. The number of nitrogens with zero attached hydrogens (tertiary/aromatic N) is 3. The molecular weight excluding hydrogens is 328 g/mol. The van der Waals surface area contributed by atoms with E-state index in [1.54, 1.807) is 10.7 Å². The lowest BCUT2D eigenvalue weighted by Crippen LogP contribution is -2.17. The fourth-order valence-corrected chi connectivity index (χ4v) is 3.55. The number of aromatic nitrogens is 3. The summed E-state index contributed by atoms with van der Waals surface area (Å²) in [6.45, 7) is 7.64. The zero-order chi connectivity index (χ0) is 18.3. The summed E-state index contributed by atoms with van der Waals surface area (Å²) < 4.78 is 7.31. The molecule has 6 heteroatoms. The Morgan fingerprint density at radius 3 is 2.88 bits per heavy atom. The fraction of sp³-hybridized carbons (Fsp3) is 0.350. The topological polar surface area (TPSA) is 69.0 Å². The first-order valence-electron chi connectivity index (χ1n) is 8.96. The third-order valence-electron chi connectivity index (χ3n) is 4.68. The lowest BCUT2D eigenvalue weighted by atomic mass is 9.96. The molecular formula is C20H22N4O2. The Kier molecular flexibility index (Phi) is 4.11. The summed E-state index contributed by atoms with van der Waals surface area (Å²) in [6.07, 6.45) is 0.904. The number of carbonyl (C=O) groups is 1. The van der Waals surface area contributed by atoms with E-state index in [0.29, 0.717) is 18.2 Å². The summed E-state index contributed by atoms with van der Waals surface area (Å²) in [5.74, 6) is 0.662. The van der Waals surface area contributed by atoms with E-state index < -0.39 is 0 Å². The molecule has 0 bridgehead atoms. The van der Waals surface area contributed by atoms with Crippen LogP contribution < -0.4 is 10.1 Å². The molecule has 0 fully saturated rings. The van der Waals surface area contributed by atoms with E-state index in [4.69, 9.17) is 9.72 Å². The summed E-state index contributed by atoms with van der Waals surface area (Å²) in [6, 6.07) is 9.58. The molecule has 0 atom stereocenters. The number of ether oxygens (including phenoxy) is 1. The van der Waals surface area contributed by atoms with Crippen LogP contribution in [0.4, 0.5) is 5.69 Å². The number of rotatable bonds is 3. The van der Waals surface area contributed by atoms with Crippen molar-refractivity contribution in [2.45, 2.75) is 39.7 Å². The van der Waals surface area contributed by atoms with Crippen molar-refractivity contribution in [1.29, 1.82) is 0 Å². The highest BCUT2D eigenvalue weighted by Gasteiger charge is 2.21. The first-order valence-corrected chi connectivity index (χ1v) is 8.96. The van der Waals surface area contributed by atoms with Crippen LogP contribution in [0.5, 0.6) is 5.88 Å². The van der Waals surface area contributed by atoms with Gasteiger partial charge in [0.15, 0.2) is 5.69 Å². The van der Waals surface area contributed by atoms with Crippen LogP contribution in [-0.2, 0) is 6.54 Å². The first-order chi connectivity index (χ1) is 12.5. The van der Waals surface area contributed by atoms with Gasteiger partial charge in [0.25, 0.3) is 5.91 Å². The zero-order valence-corrected chi connectivity index (χ0v) is 15.2. The number of para-hydroxylation sites is 1. The Morgan fingerprint density at radius 2 is 2.12 bits per heavy atom. The van der Waals surface area contributed by atoms with Crippen molar-refractivity contribution >= 4 is 22.5 Å². The molecule has 0 radical (unpaired) electrons. The number of aryl methyl sites for hydroxylation is 2. The Hall–Kier alpha value is -2.89. The second-order valence-electron chi connectivity index (χ2n) is 6.90. The molecule has 0 saturated heterocycles. The average Bonchev–Trinajstić information content (AvgIpc) is 3.05. The summed E-state index contributed by atoms with van der Waals surface area (Å²) >= 11 is 0. The monoisotopic (exact) mass is 350 g/mol. The van der Waals surface area contributed by atoms with Crippen molar-refractivity contribution < 1.29 is 9.53 Å². The van der Waals surface area contributed by atoms with Gasteiger partial charge in [0.1, 0.15) is 0 Å². The molecule has 0 aliphatic carbocycles. The van der Waals surface area contributed by atoms with Gasteiger partial charge in [-0.05, 0) is 18.9 Å². The van der Waals surface area contributed by atoms with Crippen LogP contribution in [0.3, 0.4) is 0 Å². The van der Waals surface area contributed by atoms with Crippen molar-refractivity contribution in [1.82, 2.24) is 14.8 Å². The van der Waals surface area contributed by atoms with Gasteiger partial charge < -0.3 is 10.1 Å². The van der Waals surface area contributed by atoms with E-state index in [9.17, 15) is 4.79 Å². The van der Waals surface area contributed by atoms with Crippen molar-refractivity contribution in [2.75, 3.05) is 11.9 Å². The molecule has 0 saturated carbocycles. The van der Waals surface area contributed by atoms with E-state index in [2.05, 4.69) is 24.3 Å². The third-order valence-corrected chi connectivity index (χ3v) is 4.68. The van der Waals surface area contributed by atoms with Crippen LogP contribution in [0.15, 0.2) is 30.3 Å². The lowest BCUT2D eigenvalue weighted by molar-refractivity contribution is 0.102. The van der Waals surface area contributed by atoms with E-state index >= 15 is 0 Å². The van der Waals surface area contributed by atoms with Gasteiger partial charge in [-0.2, -0.15) is 5.10 Å². The van der Waals surface area contributed by atoms with Crippen molar-refractivity contribution in [2.24, 2.45) is 0 Å². The van der Waals surface area contributed by atoms with E-state index in [-0.39, 0.29) is 11.8 Å². The number of carbonyl (C=O) groups excluding carboxylic acids is 1. The molecule has 0 spiro atoms. The minimum Gasteiger partial charge on any atom is -0.478 e. The maximum absolute atomic E-state index is 12.9. The van der Waals surface area contributed by atoms with Gasteiger partial charge in [0.05, 0.1) is 17.8 Å². The van der Waals surface area contributed by atoms with Crippen LogP contribution in [0.2, 0.25) is 0 Å². The molecule has 1 N–H and O–H groups in total. The van der Waals surface area contributed by atoms with Gasteiger partial charge >= 0.3 is 0 Å². The maximum atomic E-state index is 12.9. The molecule has 1 aromatic carbocycles. The number of amides is 1. The predicted octanol–water partition coefficient (Wildman–Crippen LogP) is 3.90. The molecule has 26 heavy (non-hydrogen) atoms. The minimum absolute atomic E-state index is 0.229. The Morgan fingerprint density at radius 1 is 1.31 bits per heavy atom. The number of hydrogen-bond donors (Lipinski definition) is 1. The van der Waals surface area contributed by atoms with Crippen LogP contribution in [0.1, 0.15) is 47.9 Å². The summed E-state index contributed by atoms with van der Waals surface area (Å²) in [5.41, 5.74) is 4.05. The van der Waals surface area contributed by atoms with Crippen LogP contribution in [0, 0.1) is 6.92 Å². The number of benzene rings is 1. The van der Waals surface area contributed by atoms with Gasteiger partial charge in [0.2, 0.25) is 5.88 Å². The van der Waals surface area contributed by atoms with E-state index in [1.807, 2.05) is 31.2 Å². The summed E-state index contributed by atoms with van der Waals surface area (Å²) in [7, 11) is 0. The molecule has 6 nitrogen and oxygen atoms in total. The highest BCUT2D eigenvalue weighted by Crippen LogP contribution is 2.34. The molecule has 0 unspecified atom stereocenters. The Balaban J connectivity index is 1.77. The van der Waals surface area contributed by atoms with Gasteiger partial charge in [-0.3, -0.25) is 9.78 Å². The standard InChI is InChI=1S/C20H22N4O2/c1-12(2)18-13(3)21-15-8-5-4-7-14(15)19(18)22-20(25)16-11-17-24(23-16)9-6-10-26-17/h4-5,7-8,11-12H,6,9-10H2,1-3H3,(H,21,22,25). The number of anilines is 1. The summed E-state index contributed by atoms with van der Waals surface area (Å²) in [5, 5.41) is 8.42. The van der Waals surface area contributed by atoms with Crippen molar-refractivity contribution in [3.8, 4) is 5.88 Å². The number of pyridine rings is 1. The fourth-order valence-electron chi connectivity index (χ4n) is 3.55. The van der Waals surface area contributed by atoms with E-state index in [1.165, 1.54) is 0 Å². The second kappa shape index (κ2) is 6.44. The highest BCUT2D eigenvalue weighted by molar-refractivity contribution is 6.08. The zero-order valence-electron chi connectivity index (χ0n) is 15.2. The third kappa shape index (κ3) is 2.81. The van der Waals surface area contributed by atoms with Gasteiger partial charge in [0, 0.05) is 35.7 Å². The second-order valence-corrected chi connectivity index (χ2v) is 6.90. The van der Waals surface area contributed by atoms with Crippen LogP contribution >= 0.6 is 0 Å². The average molecular weight is 350 g/mol. The Bertz CT molecular complexity index is 967. The molecule has 1 amide bonds. The summed E-state index contributed by atoms with van der Waals surface area (Å²) in [4.78, 5) is 17.6. The van der Waals surface area contributed by atoms with Crippen molar-refractivity contribution in [3.63, 3.8) is 0 Å². The molecule has 1 aliphatic heterocycles. The number of nitrogens with one attached hydrogen (secondary N) is 1. The van der Waals surface area contributed by atoms with E-state index in [0.717, 1.165) is 40.8 Å². The number of hydrogen-bond acceptors (Lipinski definition) is 4. The molecule has 2 aromatic heterocycles. The molecule has 4 rings (SSSR count). The van der Waals surface area contributed by atoms with Crippen LogP contribution in [-0.4, -0.2) is 27.3 Å². The Labute approximate surface area is 152 Å². The molecule has 3 aromatic rings. The predicted molar refractivity (Wildman–Crippen MR) is 101 cm³/mol. The van der Waals surface area contributed by atoms with Gasteiger partial charge in [-0.1, -0.05) is 32.0 Å².